The fraction of sp³-hybridized carbons (Fsp3) is 0.429. The number of benzene rings is 1. The Balaban J connectivity index is 2.66. The Hall–Kier alpha value is -1.92. The summed E-state index contributed by atoms with van der Waals surface area (Å²) in [4.78, 5) is 11.6. The minimum Gasteiger partial charge on any atom is -0.852 e. The third-order valence-electron chi connectivity index (χ3n) is 3.40. The van der Waals surface area contributed by atoms with Gasteiger partial charge in [0, 0.05) is 13.0 Å². The molecule has 2 rings (SSSR count). The van der Waals surface area contributed by atoms with E-state index in [9.17, 15) is 9.90 Å². The van der Waals surface area contributed by atoms with Gasteiger partial charge >= 0.3 is 5.97 Å². The topological polar surface area (TPSA) is 78.4 Å². The van der Waals surface area contributed by atoms with E-state index in [0.717, 1.165) is 16.9 Å². The number of methoxy groups -OCH3 is 1. The maximum Gasteiger partial charge on any atom is 0.338 e. The molecule has 0 bridgehead atoms. The molecule has 1 heterocycles. The first-order valence-corrected chi connectivity index (χ1v) is 6.44. The van der Waals surface area contributed by atoms with Gasteiger partial charge in [-0.05, 0) is 12.1 Å². The quantitative estimate of drug-likeness (QED) is 0.584. The second-order valence-electron chi connectivity index (χ2n) is 4.47. The van der Waals surface area contributed by atoms with Crippen LogP contribution in [-0.4, -0.2) is 36.0 Å². The summed E-state index contributed by atoms with van der Waals surface area (Å²) < 4.78 is 8.51. The monoisotopic (exact) mass is 278 g/mol. The zero-order valence-corrected chi connectivity index (χ0v) is 11.6. The van der Waals surface area contributed by atoms with Crippen LogP contribution in [0.2, 0.25) is 0 Å². The number of aromatic nitrogens is 2. The van der Waals surface area contributed by atoms with Crippen LogP contribution in [-0.2, 0) is 17.8 Å². The van der Waals surface area contributed by atoms with E-state index in [0.29, 0.717) is 18.7 Å². The van der Waals surface area contributed by atoms with Gasteiger partial charge in [-0.25, -0.2) is 13.9 Å². The molecule has 0 aliphatic heterocycles. The highest BCUT2D eigenvalue weighted by atomic mass is 16.5. The van der Waals surface area contributed by atoms with Crippen LogP contribution in [0.25, 0.3) is 11.0 Å². The number of aliphatic hydroxyl groups excluding tert-OH is 1. The van der Waals surface area contributed by atoms with E-state index in [1.165, 1.54) is 7.11 Å². The summed E-state index contributed by atoms with van der Waals surface area (Å²) >= 11 is 0. The molecule has 0 atom stereocenters. The standard InChI is InChI=1S/C14H18N2O4/c1-10-15(5-7-17)12-4-3-11(14(19)20-2)9-13(12)16(10)6-8-18/h3-4,9,17H,5-8H2,1-2H3. The van der Waals surface area contributed by atoms with Crippen molar-refractivity contribution in [2.45, 2.75) is 20.0 Å². The van der Waals surface area contributed by atoms with Crippen LogP contribution >= 0.6 is 0 Å². The normalized spacial score (nSPS) is 11.0. The van der Waals surface area contributed by atoms with Gasteiger partial charge in [0.25, 0.3) is 5.82 Å². The summed E-state index contributed by atoms with van der Waals surface area (Å²) in [6, 6.07) is 5.21. The number of aliphatic hydroxyl groups is 1. The molecular weight excluding hydrogens is 260 g/mol. The van der Waals surface area contributed by atoms with Crippen molar-refractivity contribution >= 4 is 17.0 Å². The molecule has 2 aromatic rings. The number of carbonyl (C=O) groups is 1. The minimum atomic E-state index is -0.409. The molecule has 108 valence electrons. The molecule has 6 nitrogen and oxygen atoms in total. The number of carbonyl (C=O) groups excluding carboxylic acids is 1. The zero-order chi connectivity index (χ0) is 14.7. The second-order valence-corrected chi connectivity index (χ2v) is 4.47. The van der Waals surface area contributed by atoms with Crippen LogP contribution < -0.4 is 9.67 Å². The summed E-state index contributed by atoms with van der Waals surface area (Å²) in [5.74, 6) is 0.472. The summed E-state index contributed by atoms with van der Waals surface area (Å²) in [6.07, 6.45) is 0. The van der Waals surface area contributed by atoms with Crippen LogP contribution in [0.5, 0.6) is 0 Å². The lowest BCUT2D eigenvalue weighted by molar-refractivity contribution is -0.679. The van der Waals surface area contributed by atoms with Crippen LogP contribution in [0.4, 0.5) is 0 Å². The first kappa shape index (κ1) is 14.5. The number of nitrogens with zero attached hydrogens (tertiary/aromatic N) is 2. The van der Waals surface area contributed by atoms with E-state index in [2.05, 4.69) is 0 Å². The van der Waals surface area contributed by atoms with Crippen molar-refractivity contribution in [1.29, 1.82) is 0 Å². The average Bonchev–Trinajstić information content (AvgIpc) is 2.72. The predicted octanol–water partition coefficient (Wildman–Crippen LogP) is -0.624. The van der Waals surface area contributed by atoms with E-state index in [-0.39, 0.29) is 13.2 Å². The molecule has 0 saturated heterocycles. The number of hydrogen-bond donors (Lipinski definition) is 1. The predicted molar refractivity (Wildman–Crippen MR) is 70.2 cm³/mol. The molecular formula is C14H18N2O4. The van der Waals surface area contributed by atoms with Crippen molar-refractivity contribution in [3.63, 3.8) is 0 Å². The Morgan fingerprint density at radius 1 is 1.50 bits per heavy atom. The lowest BCUT2D eigenvalue weighted by Crippen LogP contribution is -2.38. The molecule has 20 heavy (non-hydrogen) atoms. The molecule has 0 aliphatic rings. The number of rotatable bonds is 5. The molecule has 1 N–H and O–H groups in total. The van der Waals surface area contributed by atoms with E-state index in [4.69, 9.17) is 9.84 Å². The van der Waals surface area contributed by atoms with Crippen molar-refractivity contribution in [2.24, 2.45) is 0 Å². The summed E-state index contributed by atoms with van der Waals surface area (Å²) in [5.41, 5.74) is 2.13. The fourth-order valence-corrected chi connectivity index (χ4v) is 2.46. The van der Waals surface area contributed by atoms with Gasteiger partial charge < -0.3 is 14.9 Å². The maximum atomic E-state index is 11.6. The Morgan fingerprint density at radius 3 is 2.85 bits per heavy atom. The van der Waals surface area contributed by atoms with Crippen LogP contribution in [0, 0.1) is 6.92 Å². The Morgan fingerprint density at radius 2 is 2.25 bits per heavy atom. The van der Waals surface area contributed by atoms with Gasteiger partial charge in [0.05, 0.1) is 25.8 Å². The van der Waals surface area contributed by atoms with Gasteiger partial charge in [0.2, 0.25) is 0 Å². The van der Waals surface area contributed by atoms with Gasteiger partial charge in [-0.2, -0.15) is 0 Å². The van der Waals surface area contributed by atoms with Gasteiger partial charge in [-0.15, -0.1) is 6.61 Å². The summed E-state index contributed by atoms with van der Waals surface area (Å²) in [5, 5.41) is 20.1. The third kappa shape index (κ3) is 2.39. The molecule has 1 aromatic heterocycles. The average molecular weight is 278 g/mol. The van der Waals surface area contributed by atoms with Gasteiger partial charge in [-0.3, -0.25) is 0 Å². The Kier molecular flexibility index (Phi) is 4.36. The summed E-state index contributed by atoms with van der Waals surface area (Å²) in [7, 11) is 1.33. The molecule has 0 radical (unpaired) electrons. The SMILES string of the molecule is COC(=O)c1ccc2c(c1)n(CC[O-])c(C)[n+]2CCO. The van der Waals surface area contributed by atoms with Gasteiger partial charge in [0.15, 0.2) is 11.0 Å². The van der Waals surface area contributed by atoms with Crippen molar-refractivity contribution in [3.8, 4) is 0 Å². The summed E-state index contributed by atoms with van der Waals surface area (Å²) in [6.45, 7) is 2.44. The van der Waals surface area contributed by atoms with Crippen LogP contribution in [0.1, 0.15) is 16.2 Å². The van der Waals surface area contributed by atoms with Crippen LogP contribution in [0.3, 0.4) is 0 Å². The van der Waals surface area contributed by atoms with E-state index in [1.807, 2.05) is 22.1 Å². The van der Waals surface area contributed by atoms with E-state index < -0.39 is 5.97 Å². The molecule has 0 amide bonds. The molecule has 1 aromatic carbocycles. The first-order chi connectivity index (χ1) is 9.63. The molecule has 6 heteroatoms. The smallest absolute Gasteiger partial charge is 0.338 e. The highest BCUT2D eigenvalue weighted by molar-refractivity contribution is 5.93. The number of ether oxygens (including phenoxy) is 1. The van der Waals surface area contributed by atoms with E-state index in [1.54, 1.807) is 12.1 Å². The number of hydrogen-bond acceptors (Lipinski definition) is 4. The minimum absolute atomic E-state index is 0.0146. The Labute approximate surface area is 116 Å². The first-order valence-electron chi connectivity index (χ1n) is 6.44. The molecule has 0 aliphatic carbocycles. The molecule has 0 unspecified atom stereocenters. The zero-order valence-electron chi connectivity index (χ0n) is 11.6. The Bertz CT molecular complexity index is 634. The lowest BCUT2D eigenvalue weighted by atomic mass is 10.2. The molecule has 0 saturated carbocycles. The van der Waals surface area contributed by atoms with E-state index >= 15 is 0 Å². The fourth-order valence-electron chi connectivity index (χ4n) is 2.46. The van der Waals surface area contributed by atoms with Crippen molar-refractivity contribution in [3.05, 3.63) is 29.6 Å². The van der Waals surface area contributed by atoms with Crippen LogP contribution in [0.15, 0.2) is 18.2 Å². The van der Waals surface area contributed by atoms with Gasteiger partial charge in [0.1, 0.15) is 6.54 Å². The number of imidazole rings is 1. The van der Waals surface area contributed by atoms with Crippen molar-refractivity contribution < 1.29 is 24.3 Å². The van der Waals surface area contributed by atoms with Gasteiger partial charge in [-0.1, -0.05) is 0 Å². The number of fused-ring (bicyclic) bond motifs is 1. The van der Waals surface area contributed by atoms with Crippen molar-refractivity contribution in [1.82, 2.24) is 4.57 Å². The third-order valence-corrected chi connectivity index (χ3v) is 3.40. The highest BCUT2D eigenvalue weighted by Gasteiger charge is 2.21. The maximum absolute atomic E-state index is 11.6. The lowest BCUT2D eigenvalue weighted by Gasteiger charge is -2.03. The largest absolute Gasteiger partial charge is 0.852 e. The van der Waals surface area contributed by atoms with Crippen molar-refractivity contribution in [2.75, 3.05) is 20.3 Å². The second kappa shape index (κ2) is 6.02. The highest BCUT2D eigenvalue weighted by Crippen LogP contribution is 2.17. The molecule has 0 spiro atoms. The molecule has 0 fully saturated rings. The number of esters is 1.